The Morgan fingerprint density at radius 3 is 2.17 bits per heavy atom. The Balaban J connectivity index is 2.07. The van der Waals surface area contributed by atoms with Crippen molar-refractivity contribution in [3.05, 3.63) is 52.0 Å². The van der Waals surface area contributed by atoms with Gasteiger partial charge >= 0.3 is 6.18 Å². The zero-order chi connectivity index (χ0) is 17.2. The molecule has 3 nitrogen and oxygen atoms in total. The van der Waals surface area contributed by atoms with E-state index >= 15 is 0 Å². The fraction of sp³-hybridized carbons (Fsp3) is 0.0714. The van der Waals surface area contributed by atoms with Crippen LogP contribution in [0.25, 0.3) is 0 Å². The van der Waals surface area contributed by atoms with E-state index in [9.17, 15) is 18.3 Å². The summed E-state index contributed by atoms with van der Waals surface area (Å²) in [6, 6.07) is 6.99. The average molecular weight is 381 g/mol. The minimum absolute atomic E-state index is 0.0853. The molecule has 122 valence electrons. The van der Waals surface area contributed by atoms with Crippen molar-refractivity contribution in [1.29, 1.82) is 0 Å². The van der Waals surface area contributed by atoms with E-state index in [1.54, 1.807) is 0 Å². The fourth-order valence-corrected chi connectivity index (χ4v) is 2.32. The van der Waals surface area contributed by atoms with E-state index < -0.39 is 11.7 Å². The SMILES string of the molecule is Oc1cc(NC(=S)Nc2ccc(C(F)(F)F)cc2)c(Cl)cc1Cl. The molecule has 0 heterocycles. The van der Waals surface area contributed by atoms with Crippen molar-refractivity contribution in [3.8, 4) is 5.75 Å². The van der Waals surface area contributed by atoms with Crippen LogP contribution in [-0.2, 0) is 6.18 Å². The number of nitrogens with one attached hydrogen (secondary N) is 2. The first-order valence-electron chi connectivity index (χ1n) is 6.10. The van der Waals surface area contributed by atoms with Gasteiger partial charge in [0, 0.05) is 11.8 Å². The summed E-state index contributed by atoms with van der Waals surface area (Å²) in [4.78, 5) is 0. The van der Waals surface area contributed by atoms with E-state index in [-0.39, 0.29) is 20.9 Å². The molecule has 0 aliphatic carbocycles. The Hall–Kier alpha value is -1.70. The minimum atomic E-state index is -4.40. The lowest BCUT2D eigenvalue weighted by Crippen LogP contribution is -2.19. The molecule has 0 bridgehead atoms. The second-order valence-corrected chi connectivity index (χ2v) is 5.66. The van der Waals surface area contributed by atoms with Gasteiger partial charge in [0.25, 0.3) is 0 Å². The highest BCUT2D eigenvalue weighted by Crippen LogP contribution is 2.33. The molecule has 0 unspecified atom stereocenters. The molecule has 0 spiro atoms. The molecule has 0 radical (unpaired) electrons. The van der Waals surface area contributed by atoms with Gasteiger partial charge in [0.05, 0.1) is 21.3 Å². The van der Waals surface area contributed by atoms with E-state index in [4.69, 9.17) is 35.4 Å². The summed E-state index contributed by atoms with van der Waals surface area (Å²) in [5.74, 6) is -0.184. The monoisotopic (exact) mass is 380 g/mol. The highest BCUT2D eigenvalue weighted by atomic mass is 35.5. The number of phenolic OH excluding ortho intramolecular Hbond substituents is 1. The number of hydrogen-bond acceptors (Lipinski definition) is 2. The molecule has 3 N–H and O–H groups in total. The maximum absolute atomic E-state index is 12.5. The predicted octanol–water partition coefficient (Wildman–Crippen LogP) is 5.53. The zero-order valence-corrected chi connectivity index (χ0v) is 13.5. The number of alkyl halides is 3. The van der Waals surface area contributed by atoms with Crippen molar-refractivity contribution in [2.45, 2.75) is 6.18 Å². The molecule has 0 fully saturated rings. The molecular weight excluding hydrogens is 372 g/mol. The largest absolute Gasteiger partial charge is 0.506 e. The second-order valence-electron chi connectivity index (χ2n) is 4.44. The maximum atomic E-state index is 12.5. The highest BCUT2D eigenvalue weighted by Gasteiger charge is 2.29. The van der Waals surface area contributed by atoms with Crippen LogP contribution in [0.4, 0.5) is 24.5 Å². The summed E-state index contributed by atoms with van der Waals surface area (Å²) in [7, 11) is 0. The van der Waals surface area contributed by atoms with Crippen molar-refractivity contribution >= 4 is 51.9 Å². The van der Waals surface area contributed by atoms with E-state index in [0.29, 0.717) is 11.4 Å². The molecule has 0 aliphatic heterocycles. The maximum Gasteiger partial charge on any atom is 0.416 e. The van der Waals surface area contributed by atoms with Gasteiger partial charge in [-0.3, -0.25) is 0 Å². The van der Waals surface area contributed by atoms with Gasteiger partial charge in [-0.25, -0.2) is 0 Å². The third-order valence-electron chi connectivity index (χ3n) is 2.75. The molecule has 0 saturated heterocycles. The first kappa shape index (κ1) is 17.7. The number of benzene rings is 2. The molecule has 2 aromatic rings. The average Bonchev–Trinajstić information content (AvgIpc) is 2.44. The van der Waals surface area contributed by atoms with E-state index in [1.165, 1.54) is 24.3 Å². The van der Waals surface area contributed by atoms with Crippen LogP contribution in [0.2, 0.25) is 10.0 Å². The van der Waals surface area contributed by atoms with Gasteiger partial charge in [-0.1, -0.05) is 23.2 Å². The van der Waals surface area contributed by atoms with E-state index in [1.807, 2.05) is 0 Å². The summed E-state index contributed by atoms with van der Waals surface area (Å²) in [6.45, 7) is 0. The standard InChI is InChI=1S/C14H9Cl2F3N2OS/c15-9-5-10(16)12(22)6-11(9)21-13(23)20-8-3-1-7(2-4-8)14(17,18)19/h1-6,22H,(H2,20,21,23). The van der Waals surface area contributed by atoms with Crippen molar-refractivity contribution in [2.75, 3.05) is 10.6 Å². The van der Waals surface area contributed by atoms with Crippen LogP contribution in [0.3, 0.4) is 0 Å². The van der Waals surface area contributed by atoms with Crippen LogP contribution in [0, 0.1) is 0 Å². The lowest BCUT2D eigenvalue weighted by molar-refractivity contribution is -0.137. The normalized spacial score (nSPS) is 11.2. The molecule has 23 heavy (non-hydrogen) atoms. The van der Waals surface area contributed by atoms with Crippen molar-refractivity contribution < 1.29 is 18.3 Å². The number of hydrogen-bond donors (Lipinski definition) is 3. The van der Waals surface area contributed by atoms with Crippen LogP contribution < -0.4 is 10.6 Å². The van der Waals surface area contributed by atoms with Crippen molar-refractivity contribution in [1.82, 2.24) is 0 Å². The van der Waals surface area contributed by atoms with Gasteiger partial charge in [0.15, 0.2) is 5.11 Å². The minimum Gasteiger partial charge on any atom is -0.506 e. The lowest BCUT2D eigenvalue weighted by atomic mass is 10.2. The van der Waals surface area contributed by atoms with Gasteiger partial charge < -0.3 is 15.7 Å². The molecule has 0 amide bonds. The quantitative estimate of drug-likeness (QED) is 0.599. The van der Waals surface area contributed by atoms with Gasteiger partial charge in [0.1, 0.15) is 5.75 Å². The number of thiocarbonyl (C=S) groups is 1. The number of anilines is 2. The summed E-state index contributed by atoms with van der Waals surface area (Å²) < 4.78 is 37.4. The topological polar surface area (TPSA) is 44.3 Å². The summed E-state index contributed by atoms with van der Waals surface area (Å²) in [5, 5.41) is 15.4. The molecule has 0 saturated carbocycles. The van der Waals surface area contributed by atoms with E-state index in [2.05, 4.69) is 10.6 Å². The number of rotatable bonds is 2. The van der Waals surface area contributed by atoms with Crippen LogP contribution in [0.1, 0.15) is 5.56 Å². The predicted molar refractivity (Wildman–Crippen MR) is 89.4 cm³/mol. The van der Waals surface area contributed by atoms with Gasteiger partial charge in [-0.05, 0) is 42.5 Å². The van der Waals surface area contributed by atoms with E-state index in [0.717, 1.165) is 12.1 Å². The smallest absolute Gasteiger partial charge is 0.416 e. The molecular formula is C14H9Cl2F3N2OS. The van der Waals surface area contributed by atoms with Gasteiger partial charge in [-0.2, -0.15) is 13.2 Å². The Bertz CT molecular complexity index is 736. The Kier molecular flexibility index (Phi) is 5.23. The van der Waals surface area contributed by atoms with Crippen molar-refractivity contribution in [2.24, 2.45) is 0 Å². The number of halogens is 5. The Morgan fingerprint density at radius 2 is 1.61 bits per heavy atom. The number of aromatic hydroxyl groups is 1. The zero-order valence-electron chi connectivity index (χ0n) is 11.2. The third-order valence-corrected chi connectivity index (χ3v) is 3.57. The third kappa shape index (κ3) is 4.63. The first-order chi connectivity index (χ1) is 10.7. The first-order valence-corrected chi connectivity index (χ1v) is 7.26. The number of phenols is 1. The Morgan fingerprint density at radius 1 is 1.00 bits per heavy atom. The molecule has 0 aliphatic rings. The molecule has 9 heteroatoms. The summed E-state index contributed by atoms with van der Waals surface area (Å²) >= 11 is 16.7. The summed E-state index contributed by atoms with van der Waals surface area (Å²) in [5.41, 5.74) is -0.0876. The van der Waals surface area contributed by atoms with Crippen LogP contribution in [-0.4, -0.2) is 10.2 Å². The summed E-state index contributed by atoms with van der Waals surface area (Å²) in [6.07, 6.45) is -4.40. The van der Waals surface area contributed by atoms with Crippen LogP contribution in [0.15, 0.2) is 36.4 Å². The molecule has 2 aromatic carbocycles. The molecule has 2 rings (SSSR count). The lowest BCUT2D eigenvalue weighted by Gasteiger charge is -2.13. The van der Waals surface area contributed by atoms with Gasteiger partial charge in [-0.15, -0.1) is 0 Å². The second kappa shape index (κ2) is 6.82. The highest BCUT2D eigenvalue weighted by molar-refractivity contribution is 7.80. The fourth-order valence-electron chi connectivity index (χ4n) is 1.66. The molecule has 0 aromatic heterocycles. The Labute approximate surface area is 145 Å². The van der Waals surface area contributed by atoms with Crippen LogP contribution in [0.5, 0.6) is 5.75 Å². The van der Waals surface area contributed by atoms with Gasteiger partial charge in [0.2, 0.25) is 0 Å². The van der Waals surface area contributed by atoms with Crippen LogP contribution >= 0.6 is 35.4 Å². The molecule has 0 atom stereocenters. The van der Waals surface area contributed by atoms with Crippen molar-refractivity contribution in [3.63, 3.8) is 0 Å².